The zero-order chi connectivity index (χ0) is 19.3. The number of morpholine rings is 1. The molecule has 2 aromatic heterocycles. The molecule has 7 heteroatoms. The van der Waals surface area contributed by atoms with Gasteiger partial charge in [-0.15, -0.1) is 0 Å². The summed E-state index contributed by atoms with van der Waals surface area (Å²) in [5, 5.41) is 11.5. The molecule has 0 aliphatic carbocycles. The van der Waals surface area contributed by atoms with Crippen LogP contribution in [0, 0.1) is 0 Å². The standard InChI is InChI=1S/C21H17NO6/c23-15-6-5-13-18(24)17-12-3-1-2-4-16(12)27-21(25)20(17)28-19(13)14(15)11-22-7-9-26-10-8-22/h1-6,23H,7-11H2. The molecule has 1 aliphatic rings. The normalized spacial score (nSPS) is 15.6. The lowest BCUT2D eigenvalue weighted by molar-refractivity contribution is 0.0339. The van der Waals surface area contributed by atoms with Crippen LogP contribution in [0.15, 0.2) is 54.8 Å². The van der Waals surface area contributed by atoms with Crippen molar-refractivity contribution in [1.29, 1.82) is 0 Å². The van der Waals surface area contributed by atoms with E-state index in [9.17, 15) is 14.7 Å². The molecule has 2 aromatic carbocycles. The van der Waals surface area contributed by atoms with Crippen molar-refractivity contribution >= 4 is 32.9 Å². The van der Waals surface area contributed by atoms with E-state index in [0.717, 1.165) is 0 Å². The minimum Gasteiger partial charge on any atom is -0.507 e. The number of nitrogens with zero attached hydrogens (tertiary/aromatic N) is 1. The number of hydrogen-bond donors (Lipinski definition) is 1. The van der Waals surface area contributed by atoms with E-state index in [1.54, 1.807) is 24.3 Å². The van der Waals surface area contributed by atoms with Crippen LogP contribution < -0.4 is 11.1 Å². The van der Waals surface area contributed by atoms with Gasteiger partial charge in [-0.05, 0) is 18.2 Å². The molecule has 4 aromatic rings. The van der Waals surface area contributed by atoms with E-state index in [2.05, 4.69) is 4.90 Å². The number of para-hydroxylation sites is 1. The van der Waals surface area contributed by atoms with Gasteiger partial charge >= 0.3 is 5.63 Å². The number of benzene rings is 2. The number of phenolic OH excluding ortho intramolecular Hbond substituents is 1. The van der Waals surface area contributed by atoms with E-state index in [1.807, 2.05) is 0 Å². The highest BCUT2D eigenvalue weighted by atomic mass is 16.5. The molecule has 0 saturated carbocycles. The highest BCUT2D eigenvalue weighted by Gasteiger charge is 2.21. The minimum atomic E-state index is -0.714. The molecule has 0 spiro atoms. The fourth-order valence-electron chi connectivity index (χ4n) is 3.74. The molecular weight excluding hydrogens is 362 g/mol. The molecular formula is C21H17NO6. The van der Waals surface area contributed by atoms with E-state index in [0.29, 0.717) is 54.8 Å². The lowest BCUT2D eigenvalue weighted by atomic mass is 10.0. The summed E-state index contributed by atoms with van der Waals surface area (Å²) in [6.45, 7) is 3.02. The number of rotatable bonds is 2. The average Bonchev–Trinajstić information content (AvgIpc) is 2.71. The zero-order valence-corrected chi connectivity index (χ0v) is 14.9. The van der Waals surface area contributed by atoms with Crippen LogP contribution in [0.4, 0.5) is 0 Å². The van der Waals surface area contributed by atoms with E-state index in [1.165, 1.54) is 12.1 Å². The lowest BCUT2D eigenvalue weighted by Crippen LogP contribution is -2.35. The molecule has 1 saturated heterocycles. The number of ether oxygens (including phenoxy) is 1. The number of hydrogen-bond acceptors (Lipinski definition) is 7. The summed E-state index contributed by atoms with van der Waals surface area (Å²) in [4.78, 5) is 27.8. The van der Waals surface area contributed by atoms with Crippen LogP contribution in [-0.4, -0.2) is 36.3 Å². The monoisotopic (exact) mass is 379 g/mol. The molecule has 142 valence electrons. The summed E-state index contributed by atoms with van der Waals surface area (Å²) in [7, 11) is 0. The molecule has 0 atom stereocenters. The quantitative estimate of drug-likeness (QED) is 0.325. The van der Waals surface area contributed by atoms with Gasteiger partial charge in [-0.1, -0.05) is 18.2 Å². The van der Waals surface area contributed by atoms with Crippen molar-refractivity contribution in [3.8, 4) is 5.75 Å². The fraction of sp³-hybridized carbons (Fsp3) is 0.238. The Kier molecular flexibility index (Phi) is 3.92. The van der Waals surface area contributed by atoms with Gasteiger partial charge in [-0.2, -0.15) is 0 Å². The summed E-state index contributed by atoms with van der Waals surface area (Å²) >= 11 is 0. The third kappa shape index (κ3) is 2.59. The second-order valence-electron chi connectivity index (χ2n) is 6.85. The number of fused-ring (bicyclic) bond motifs is 4. The molecule has 0 unspecified atom stereocenters. The van der Waals surface area contributed by atoms with Crippen molar-refractivity contribution in [2.24, 2.45) is 0 Å². The average molecular weight is 379 g/mol. The van der Waals surface area contributed by atoms with E-state index < -0.39 is 5.63 Å². The minimum absolute atomic E-state index is 0.0201. The molecule has 28 heavy (non-hydrogen) atoms. The summed E-state index contributed by atoms with van der Waals surface area (Å²) in [5.41, 5.74) is -0.140. The molecule has 3 heterocycles. The topological polar surface area (TPSA) is 93.1 Å². The van der Waals surface area contributed by atoms with Crippen molar-refractivity contribution < 1.29 is 18.7 Å². The molecule has 0 bridgehead atoms. The van der Waals surface area contributed by atoms with Crippen molar-refractivity contribution in [2.45, 2.75) is 6.54 Å². The maximum atomic E-state index is 13.3. The molecule has 7 nitrogen and oxygen atoms in total. The van der Waals surface area contributed by atoms with Gasteiger partial charge in [0, 0.05) is 25.0 Å². The lowest BCUT2D eigenvalue weighted by Gasteiger charge is -2.27. The number of phenols is 1. The summed E-state index contributed by atoms with van der Waals surface area (Å²) in [5.74, 6) is 0.0201. The van der Waals surface area contributed by atoms with Crippen LogP contribution in [0.3, 0.4) is 0 Å². The van der Waals surface area contributed by atoms with Crippen LogP contribution in [0.1, 0.15) is 5.56 Å². The molecule has 5 rings (SSSR count). The van der Waals surface area contributed by atoms with Crippen molar-refractivity contribution in [1.82, 2.24) is 4.90 Å². The van der Waals surface area contributed by atoms with Gasteiger partial charge in [-0.3, -0.25) is 9.69 Å². The summed E-state index contributed by atoms with van der Waals surface area (Å²) in [6, 6.07) is 9.89. The zero-order valence-electron chi connectivity index (χ0n) is 14.9. The fourth-order valence-corrected chi connectivity index (χ4v) is 3.74. The Morgan fingerprint density at radius 2 is 1.71 bits per heavy atom. The highest BCUT2D eigenvalue weighted by molar-refractivity contribution is 6.05. The smallest absolute Gasteiger partial charge is 0.380 e. The Hall–Kier alpha value is -3.16. The van der Waals surface area contributed by atoms with E-state index in [4.69, 9.17) is 13.6 Å². The Morgan fingerprint density at radius 1 is 0.929 bits per heavy atom. The third-order valence-corrected chi connectivity index (χ3v) is 5.17. The molecule has 1 N–H and O–H groups in total. The van der Waals surface area contributed by atoms with Crippen molar-refractivity contribution in [3.05, 3.63) is 62.6 Å². The van der Waals surface area contributed by atoms with Gasteiger partial charge in [0.2, 0.25) is 11.0 Å². The predicted octanol–water partition coefficient (Wildman–Crippen LogP) is 2.59. The third-order valence-electron chi connectivity index (χ3n) is 5.17. The predicted molar refractivity (Wildman–Crippen MR) is 104 cm³/mol. The first-order chi connectivity index (χ1) is 13.6. The Morgan fingerprint density at radius 3 is 2.54 bits per heavy atom. The summed E-state index contributed by atoms with van der Waals surface area (Å²) in [6.07, 6.45) is 0. The maximum Gasteiger partial charge on any atom is 0.380 e. The van der Waals surface area contributed by atoms with Gasteiger partial charge < -0.3 is 18.7 Å². The second-order valence-corrected chi connectivity index (χ2v) is 6.85. The molecule has 0 radical (unpaired) electrons. The van der Waals surface area contributed by atoms with Gasteiger partial charge in [0.1, 0.15) is 16.9 Å². The van der Waals surface area contributed by atoms with E-state index >= 15 is 0 Å². The Bertz CT molecular complexity index is 1330. The van der Waals surface area contributed by atoms with Crippen LogP contribution >= 0.6 is 0 Å². The second kappa shape index (κ2) is 6.47. The van der Waals surface area contributed by atoms with Gasteiger partial charge in [0.15, 0.2) is 0 Å². The SMILES string of the molecule is O=c1oc2ccccc2c2c(=O)c3ccc(O)c(CN4CCOCC4)c3oc12. The maximum absolute atomic E-state index is 13.3. The molecule has 0 amide bonds. The molecule has 1 fully saturated rings. The first-order valence-corrected chi connectivity index (χ1v) is 9.07. The van der Waals surface area contributed by atoms with Crippen LogP contribution in [0.2, 0.25) is 0 Å². The van der Waals surface area contributed by atoms with Gasteiger partial charge in [-0.25, -0.2) is 4.79 Å². The van der Waals surface area contributed by atoms with Crippen LogP contribution in [0.5, 0.6) is 5.75 Å². The largest absolute Gasteiger partial charge is 0.507 e. The van der Waals surface area contributed by atoms with Gasteiger partial charge in [0.05, 0.1) is 29.5 Å². The Labute approximate surface area is 158 Å². The van der Waals surface area contributed by atoms with E-state index in [-0.39, 0.29) is 27.7 Å². The Balaban J connectivity index is 1.83. The van der Waals surface area contributed by atoms with Crippen LogP contribution in [-0.2, 0) is 11.3 Å². The number of aromatic hydroxyl groups is 1. The van der Waals surface area contributed by atoms with Crippen molar-refractivity contribution in [2.75, 3.05) is 26.3 Å². The van der Waals surface area contributed by atoms with Crippen molar-refractivity contribution in [3.63, 3.8) is 0 Å². The first-order valence-electron chi connectivity index (χ1n) is 9.07. The summed E-state index contributed by atoms with van der Waals surface area (Å²) < 4.78 is 16.6. The van der Waals surface area contributed by atoms with Crippen LogP contribution in [0.25, 0.3) is 32.9 Å². The van der Waals surface area contributed by atoms with Gasteiger partial charge in [0.25, 0.3) is 0 Å². The molecule has 1 aliphatic heterocycles. The highest BCUT2D eigenvalue weighted by Crippen LogP contribution is 2.30. The first kappa shape index (κ1) is 17.0.